The third kappa shape index (κ3) is 4.64. The quantitative estimate of drug-likeness (QED) is 0.348. The Kier molecular flexibility index (Phi) is 6.70. The van der Waals surface area contributed by atoms with E-state index in [0.29, 0.717) is 29.0 Å². The second-order valence-corrected chi connectivity index (χ2v) is 4.43. The number of hydrogen-bond donors (Lipinski definition) is 2. The number of carbonyl (C=O) groups excluding carboxylic acids is 1. The summed E-state index contributed by atoms with van der Waals surface area (Å²) in [6.07, 6.45) is 0.993. The minimum atomic E-state index is -0.339. The average Bonchev–Trinajstić information content (AvgIpc) is 2.39. The molecule has 100 valence electrons. The Morgan fingerprint density at radius 1 is 1.39 bits per heavy atom. The normalized spacial score (nSPS) is 10.2. The van der Waals surface area contributed by atoms with Crippen LogP contribution in [0.5, 0.6) is 5.75 Å². The minimum Gasteiger partial charge on any atom is -0.490 e. The second-order valence-electron chi connectivity index (χ2n) is 3.58. The molecule has 0 aromatic heterocycles. The van der Waals surface area contributed by atoms with Gasteiger partial charge in [0.05, 0.1) is 11.1 Å². The molecule has 0 bridgehead atoms. The Morgan fingerprint density at radius 3 is 2.78 bits per heavy atom. The minimum absolute atomic E-state index is 0.339. The lowest BCUT2D eigenvalue weighted by molar-refractivity contribution is 0.0952. The van der Waals surface area contributed by atoms with Gasteiger partial charge in [0.2, 0.25) is 0 Å². The van der Waals surface area contributed by atoms with Crippen LogP contribution >= 0.6 is 15.9 Å². The van der Waals surface area contributed by atoms with Gasteiger partial charge in [0.25, 0.3) is 5.91 Å². The predicted molar refractivity (Wildman–Crippen MR) is 72.4 cm³/mol. The molecule has 0 aliphatic carbocycles. The molecule has 3 N–H and O–H groups in total. The van der Waals surface area contributed by atoms with Crippen molar-refractivity contribution in [1.29, 1.82) is 0 Å². The highest BCUT2D eigenvalue weighted by atomic mass is 79.9. The average molecular weight is 317 g/mol. The maximum Gasteiger partial charge on any atom is 0.265 e. The van der Waals surface area contributed by atoms with Crippen molar-refractivity contribution < 1.29 is 14.3 Å². The van der Waals surface area contributed by atoms with Crippen molar-refractivity contribution in [2.45, 2.75) is 13.3 Å². The van der Waals surface area contributed by atoms with E-state index in [1.807, 2.05) is 0 Å². The standard InChI is InChI=1S/C12H17BrN2O3/c1-2-5-17-6-7-18-11-4-3-9(8-10(11)13)12(16)15-14/h3-4,8H,2,5-7,14H2,1H3,(H,15,16). The molecule has 6 heteroatoms. The Balaban J connectivity index is 2.49. The Morgan fingerprint density at radius 2 is 2.17 bits per heavy atom. The number of carbonyl (C=O) groups is 1. The smallest absolute Gasteiger partial charge is 0.265 e. The zero-order chi connectivity index (χ0) is 13.4. The number of benzene rings is 1. The van der Waals surface area contributed by atoms with Gasteiger partial charge >= 0.3 is 0 Å². The van der Waals surface area contributed by atoms with E-state index in [0.717, 1.165) is 13.0 Å². The summed E-state index contributed by atoms with van der Waals surface area (Å²) in [6.45, 7) is 3.81. The molecule has 0 spiro atoms. The number of hydrazine groups is 1. The molecule has 0 aliphatic rings. The number of ether oxygens (including phenoxy) is 2. The first-order chi connectivity index (χ1) is 8.69. The molecule has 0 radical (unpaired) electrons. The first kappa shape index (κ1) is 14.9. The molecule has 0 fully saturated rings. The maximum atomic E-state index is 11.3. The van der Waals surface area contributed by atoms with E-state index in [2.05, 4.69) is 28.3 Å². The molecule has 5 nitrogen and oxygen atoms in total. The molecule has 0 atom stereocenters. The number of nitrogens with two attached hydrogens (primary N) is 1. The van der Waals surface area contributed by atoms with Crippen molar-refractivity contribution >= 4 is 21.8 Å². The number of nitrogen functional groups attached to an aromatic ring is 1. The van der Waals surface area contributed by atoms with Crippen LogP contribution in [-0.4, -0.2) is 25.7 Å². The molecule has 1 amide bonds. The molecule has 0 aliphatic heterocycles. The zero-order valence-electron chi connectivity index (χ0n) is 10.2. The van der Waals surface area contributed by atoms with Gasteiger partial charge in [-0.25, -0.2) is 5.84 Å². The predicted octanol–water partition coefficient (Wildman–Crippen LogP) is 1.86. The van der Waals surface area contributed by atoms with Crippen LogP contribution in [0, 0.1) is 0 Å². The summed E-state index contributed by atoms with van der Waals surface area (Å²) < 4.78 is 11.5. The summed E-state index contributed by atoms with van der Waals surface area (Å²) >= 11 is 3.34. The van der Waals surface area contributed by atoms with E-state index in [1.165, 1.54) is 0 Å². The van der Waals surface area contributed by atoms with Gasteiger partial charge in [0.1, 0.15) is 12.4 Å². The first-order valence-electron chi connectivity index (χ1n) is 5.70. The molecular weight excluding hydrogens is 300 g/mol. The largest absolute Gasteiger partial charge is 0.490 e. The van der Waals surface area contributed by atoms with Crippen molar-refractivity contribution in [2.75, 3.05) is 19.8 Å². The van der Waals surface area contributed by atoms with E-state index in [1.54, 1.807) is 18.2 Å². The number of hydrogen-bond acceptors (Lipinski definition) is 4. The molecule has 0 heterocycles. The molecule has 0 saturated carbocycles. The molecule has 1 aromatic rings. The molecular formula is C12H17BrN2O3. The number of rotatable bonds is 7. The SMILES string of the molecule is CCCOCCOc1ccc(C(=O)NN)cc1Br. The van der Waals surface area contributed by atoms with Crippen LogP contribution in [0.15, 0.2) is 22.7 Å². The van der Waals surface area contributed by atoms with Gasteiger partial charge in [-0.3, -0.25) is 10.2 Å². The number of nitrogens with one attached hydrogen (secondary N) is 1. The van der Waals surface area contributed by atoms with Crippen LogP contribution in [0.3, 0.4) is 0 Å². The fourth-order valence-electron chi connectivity index (χ4n) is 1.30. The fraction of sp³-hybridized carbons (Fsp3) is 0.417. The van der Waals surface area contributed by atoms with Gasteiger partial charge in [0.15, 0.2) is 0 Å². The Bertz CT molecular complexity index is 399. The van der Waals surface area contributed by atoms with Crippen molar-refractivity contribution in [1.82, 2.24) is 5.43 Å². The summed E-state index contributed by atoms with van der Waals surface area (Å²) in [7, 11) is 0. The molecule has 0 saturated heterocycles. The Labute approximate surface area is 115 Å². The van der Waals surface area contributed by atoms with Crippen molar-refractivity contribution in [3.63, 3.8) is 0 Å². The highest BCUT2D eigenvalue weighted by Crippen LogP contribution is 2.25. The first-order valence-corrected chi connectivity index (χ1v) is 6.49. The van der Waals surface area contributed by atoms with E-state index in [-0.39, 0.29) is 5.91 Å². The highest BCUT2D eigenvalue weighted by Gasteiger charge is 2.07. The lowest BCUT2D eigenvalue weighted by Crippen LogP contribution is -2.29. The molecule has 18 heavy (non-hydrogen) atoms. The second kappa shape index (κ2) is 8.07. The van der Waals surface area contributed by atoms with Crippen LogP contribution in [0.4, 0.5) is 0 Å². The van der Waals surface area contributed by atoms with Gasteiger partial charge in [0, 0.05) is 12.2 Å². The summed E-state index contributed by atoms with van der Waals surface area (Å²) in [5.41, 5.74) is 2.54. The topological polar surface area (TPSA) is 73.6 Å². The van der Waals surface area contributed by atoms with Crippen molar-refractivity contribution in [3.05, 3.63) is 28.2 Å². The summed E-state index contributed by atoms with van der Waals surface area (Å²) in [6, 6.07) is 5.02. The molecule has 1 aromatic carbocycles. The third-order valence-corrected chi connectivity index (χ3v) is 2.78. The van der Waals surface area contributed by atoms with Crippen LogP contribution in [0.25, 0.3) is 0 Å². The fourth-order valence-corrected chi connectivity index (χ4v) is 1.79. The van der Waals surface area contributed by atoms with Crippen LogP contribution in [0.1, 0.15) is 23.7 Å². The van der Waals surface area contributed by atoms with Gasteiger partial charge in [-0.05, 0) is 40.5 Å². The lowest BCUT2D eigenvalue weighted by Gasteiger charge is -2.09. The van der Waals surface area contributed by atoms with E-state index < -0.39 is 0 Å². The van der Waals surface area contributed by atoms with E-state index >= 15 is 0 Å². The van der Waals surface area contributed by atoms with Crippen molar-refractivity contribution in [2.24, 2.45) is 5.84 Å². The van der Waals surface area contributed by atoms with Crippen LogP contribution < -0.4 is 16.0 Å². The van der Waals surface area contributed by atoms with E-state index in [9.17, 15) is 4.79 Å². The van der Waals surface area contributed by atoms with Gasteiger partial charge in [-0.15, -0.1) is 0 Å². The number of amides is 1. The summed E-state index contributed by atoms with van der Waals surface area (Å²) in [5.74, 6) is 5.39. The molecule has 1 rings (SSSR count). The molecule has 0 unspecified atom stereocenters. The summed E-state index contributed by atoms with van der Waals surface area (Å²) in [4.78, 5) is 11.3. The zero-order valence-corrected chi connectivity index (χ0v) is 11.8. The lowest BCUT2D eigenvalue weighted by atomic mass is 10.2. The van der Waals surface area contributed by atoms with Gasteiger partial charge in [-0.1, -0.05) is 6.92 Å². The summed E-state index contributed by atoms with van der Waals surface area (Å²) in [5, 5.41) is 0. The van der Waals surface area contributed by atoms with E-state index in [4.69, 9.17) is 15.3 Å². The van der Waals surface area contributed by atoms with Gasteiger partial charge in [-0.2, -0.15) is 0 Å². The third-order valence-electron chi connectivity index (χ3n) is 2.16. The van der Waals surface area contributed by atoms with Crippen molar-refractivity contribution in [3.8, 4) is 5.75 Å². The maximum absolute atomic E-state index is 11.3. The monoisotopic (exact) mass is 316 g/mol. The number of halogens is 1. The van der Waals surface area contributed by atoms with Gasteiger partial charge < -0.3 is 9.47 Å². The van der Waals surface area contributed by atoms with Crippen LogP contribution in [-0.2, 0) is 4.74 Å². The Hall–Kier alpha value is -1.11. The highest BCUT2D eigenvalue weighted by molar-refractivity contribution is 9.10. The van der Waals surface area contributed by atoms with Crippen LogP contribution in [0.2, 0.25) is 0 Å².